The van der Waals surface area contributed by atoms with Gasteiger partial charge in [-0.15, -0.1) is 10.2 Å². The quantitative estimate of drug-likeness (QED) is 0.584. The van der Waals surface area contributed by atoms with Gasteiger partial charge in [0.2, 0.25) is 0 Å². The van der Waals surface area contributed by atoms with Gasteiger partial charge < -0.3 is 0 Å². The first-order valence-electron chi connectivity index (χ1n) is 1.85. The second-order valence-corrected chi connectivity index (χ2v) is 1.94. The van der Waals surface area contributed by atoms with Crippen molar-refractivity contribution < 1.29 is 8.78 Å². The summed E-state index contributed by atoms with van der Waals surface area (Å²) in [6, 6.07) is 0. The zero-order valence-electron chi connectivity index (χ0n) is 3.71. The van der Waals surface area contributed by atoms with Gasteiger partial charge in [0.05, 0.1) is 0 Å². The van der Waals surface area contributed by atoms with Crippen LogP contribution in [0, 0.1) is 0 Å². The number of rotatable bonds is 1. The van der Waals surface area contributed by atoms with Crippen LogP contribution in [0.15, 0.2) is 5.51 Å². The van der Waals surface area contributed by atoms with Crippen LogP contribution in [-0.2, 0) is 0 Å². The molecule has 0 aromatic carbocycles. The molecular formula is C3H2F2N2S. The second kappa shape index (κ2) is 2.13. The van der Waals surface area contributed by atoms with Crippen molar-refractivity contribution in [3.05, 3.63) is 10.5 Å². The molecule has 1 rings (SSSR count). The molecule has 1 aromatic heterocycles. The molecule has 0 bridgehead atoms. The maximum absolute atomic E-state index is 11.5. The highest BCUT2D eigenvalue weighted by atomic mass is 32.1. The van der Waals surface area contributed by atoms with Gasteiger partial charge in [0.15, 0.2) is 5.01 Å². The normalized spacial score (nSPS) is 10.4. The van der Waals surface area contributed by atoms with Gasteiger partial charge in [-0.3, -0.25) is 0 Å². The molecule has 0 saturated heterocycles. The van der Waals surface area contributed by atoms with Gasteiger partial charge in [-0.1, -0.05) is 11.3 Å². The van der Waals surface area contributed by atoms with Gasteiger partial charge in [-0.05, 0) is 0 Å². The minimum absolute atomic E-state index is 0.218. The van der Waals surface area contributed by atoms with E-state index in [-0.39, 0.29) is 5.01 Å². The van der Waals surface area contributed by atoms with Crippen molar-refractivity contribution in [2.24, 2.45) is 0 Å². The Kier molecular flexibility index (Phi) is 1.48. The van der Waals surface area contributed by atoms with Crippen molar-refractivity contribution >= 4 is 11.3 Å². The topological polar surface area (TPSA) is 25.8 Å². The van der Waals surface area contributed by atoms with E-state index in [4.69, 9.17) is 0 Å². The molecule has 0 spiro atoms. The van der Waals surface area contributed by atoms with Crippen LogP contribution in [0.1, 0.15) is 11.4 Å². The predicted molar refractivity (Wildman–Crippen MR) is 24.9 cm³/mol. The molecule has 5 heteroatoms. The maximum atomic E-state index is 11.5. The van der Waals surface area contributed by atoms with E-state index in [0.29, 0.717) is 0 Å². The van der Waals surface area contributed by atoms with Crippen molar-refractivity contribution in [2.45, 2.75) is 6.43 Å². The third-order valence-electron chi connectivity index (χ3n) is 0.564. The lowest BCUT2D eigenvalue weighted by atomic mass is 10.8. The van der Waals surface area contributed by atoms with Gasteiger partial charge in [-0.2, -0.15) is 0 Å². The van der Waals surface area contributed by atoms with Gasteiger partial charge in [0.1, 0.15) is 5.51 Å². The standard InChI is InChI=1S/C3H2F2N2S/c4-2(5)3-7-6-1-8-3/h1-2H. The first-order chi connectivity index (χ1) is 3.80. The van der Waals surface area contributed by atoms with Crippen molar-refractivity contribution in [1.82, 2.24) is 10.2 Å². The molecule has 0 unspecified atom stereocenters. The minimum atomic E-state index is -2.47. The summed E-state index contributed by atoms with van der Waals surface area (Å²) >= 11 is 0.859. The Morgan fingerprint density at radius 3 is 2.62 bits per heavy atom. The lowest BCUT2D eigenvalue weighted by Gasteiger charge is -1.84. The zero-order valence-corrected chi connectivity index (χ0v) is 4.53. The van der Waals surface area contributed by atoms with Crippen molar-refractivity contribution in [3.63, 3.8) is 0 Å². The Morgan fingerprint density at radius 2 is 2.38 bits per heavy atom. The monoisotopic (exact) mass is 136 g/mol. The molecule has 0 amide bonds. The molecule has 2 nitrogen and oxygen atoms in total. The Bertz CT molecular complexity index is 150. The summed E-state index contributed by atoms with van der Waals surface area (Å²) in [6.45, 7) is 0. The summed E-state index contributed by atoms with van der Waals surface area (Å²) in [4.78, 5) is 0. The highest BCUT2D eigenvalue weighted by Crippen LogP contribution is 2.18. The van der Waals surface area contributed by atoms with Crippen LogP contribution in [0.4, 0.5) is 8.78 Å². The maximum Gasteiger partial charge on any atom is 0.291 e. The van der Waals surface area contributed by atoms with E-state index in [1.165, 1.54) is 5.51 Å². The Balaban J connectivity index is 2.77. The minimum Gasteiger partial charge on any atom is -0.202 e. The molecule has 1 aromatic rings. The second-order valence-electron chi connectivity index (χ2n) is 1.08. The molecular weight excluding hydrogens is 134 g/mol. The van der Waals surface area contributed by atoms with Crippen molar-refractivity contribution in [1.29, 1.82) is 0 Å². The molecule has 0 aliphatic rings. The Labute approximate surface area is 48.2 Å². The number of halogens is 2. The number of aromatic nitrogens is 2. The van der Waals surface area contributed by atoms with E-state index in [0.717, 1.165) is 11.3 Å². The lowest BCUT2D eigenvalue weighted by molar-refractivity contribution is 0.150. The van der Waals surface area contributed by atoms with E-state index in [1.54, 1.807) is 0 Å². The largest absolute Gasteiger partial charge is 0.291 e. The lowest BCUT2D eigenvalue weighted by Crippen LogP contribution is -1.79. The van der Waals surface area contributed by atoms with Crippen LogP contribution in [0.5, 0.6) is 0 Å². The average Bonchev–Trinajstić information content (AvgIpc) is 2.12. The fourth-order valence-electron chi connectivity index (χ4n) is 0.277. The first kappa shape index (κ1) is 5.55. The summed E-state index contributed by atoms with van der Waals surface area (Å²) in [6.07, 6.45) is -2.47. The molecule has 0 atom stereocenters. The number of hydrogen-bond acceptors (Lipinski definition) is 3. The smallest absolute Gasteiger partial charge is 0.202 e. The van der Waals surface area contributed by atoms with E-state index >= 15 is 0 Å². The van der Waals surface area contributed by atoms with E-state index in [9.17, 15) is 8.78 Å². The van der Waals surface area contributed by atoms with Crippen molar-refractivity contribution in [2.75, 3.05) is 0 Å². The summed E-state index contributed by atoms with van der Waals surface area (Å²) in [5, 5.41) is 6.15. The fourth-order valence-corrected chi connectivity index (χ4v) is 0.676. The summed E-state index contributed by atoms with van der Waals surface area (Å²) in [7, 11) is 0. The number of nitrogens with zero attached hydrogens (tertiary/aromatic N) is 2. The van der Waals surface area contributed by atoms with E-state index in [2.05, 4.69) is 10.2 Å². The van der Waals surface area contributed by atoms with Crippen LogP contribution in [0.2, 0.25) is 0 Å². The van der Waals surface area contributed by atoms with Gasteiger partial charge in [0, 0.05) is 0 Å². The van der Waals surface area contributed by atoms with Crippen molar-refractivity contribution in [3.8, 4) is 0 Å². The molecule has 0 radical (unpaired) electrons. The van der Waals surface area contributed by atoms with Crippen LogP contribution >= 0.6 is 11.3 Å². The first-order valence-corrected chi connectivity index (χ1v) is 2.73. The summed E-state index contributed by atoms with van der Waals surface area (Å²) in [5.41, 5.74) is 1.28. The van der Waals surface area contributed by atoms with E-state index < -0.39 is 6.43 Å². The Hall–Kier alpha value is -0.580. The van der Waals surface area contributed by atoms with Crippen LogP contribution in [0.3, 0.4) is 0 Å². The molecule has 0 aliphatic heterocycles. The summed E-state index contributed by atoms with van der Waals surface area (Å²) in [5.74, 6) is 0. The average molecular weight is 136 g/mol. The molecule has 44 valence electrons. The molecule has 0 saturated carbocycles. The zero-order chi connectivity index (χ0) is 5.98. The SMILES string of the molecule is FC(F)c1nncs1. The van der Waals surface area contributed by atoms with Gasteiger partial charge in [-0.25, -0.2) is 8.78 Å². The molecule has 8 heavy (non-hydrogen) atoms. The fraction of sp³-hybridized carbons (Fsp3) is 0.333. The third kappa shape index (κ3) is 0.975. The van der Waals surface area contributed by atoms with Crippen LogP contribution < -0.4 is 0 Å². The van der Waals surface area contributed by atoms with E-state index in [1.807, 2.05) is 0 Å². The number of hydrogen-bond donors (Lipinski definition) is 0. The van der Waals surface area contributed by atoms with Gasteiger partial charge in [0.25, 0.3) is 6.43 Å². The predicted octanol–water partition coefficient (Wildman–Crippen LogP) is 1.48. The van der Waals surface area contributed by atoms with Gasteiger partial charge >= 0.3 is 0 Å². The summed E-state index contributed by atoms with van der Waals surface area (Å²) < 4.78 is 23.0. The molecule has 1 heterocycles. The van der Waals surface area contributed by atoms with Crippen LogP contribution in [0.25, 0.3) is 0 Å². The third-order valence-corrected chi connectivity index (χ3v) is 1.26. The highest BCUT2D eigenvalue weighted by molar-refractivity contribution is 7.09. The highest BCUT2D eigenvalue weighted by Gasteiger charge is 2.08. The molecule has 0 aliphatic carbocycles. The van der Waals surface area contributed by atoms with Crippen LogP contribution in [-0.4, -0.2) is 10.2 Å². The molecule has 0 fully saturated rings. The number of alkyl halides is 2. The Morgan fingerprint density at radius 1 is 1.62 bits per heavy atom. The molecule has 0 N–H and O–H groups in total.